The van der Waals surface area contributed by atoms with Crippen molar-refractivity contribution in [3.05, 3.63) is 12.8 Å². The molecule has 0 aliphatic carbocycles. The SMILES string of the molecule is C=COC(=O)CC.CCC(=O)OC(C)C. The molecule has 0 aromatic heterocycles. The Morgan fingerprint density at radius 3 is 1.80 bits per heavy atom. The average molecular weight is 216 g/mol. The van der Waals surface area contributed by atoms with Crippen LogP contribution >= 0.6 is 0 Å². The van der Waals surface area contributed by atoms with E-state index in [0.717, 1.165) is 6.26 Å². The van der Waals surface area contributed by atoms with Gasteiger partial charge in [-0.05, 0) is 13.8 Å². The molecule has 0 radical (unpaired) electrons. The summed E-state index contributed by atoms with van der Waals surface area (Å²) in [6, 6.07) is 0. The van der Waals surface area contributed by atoms with Crippen molar-refractivity contribution >= 4 is 11.9 Å². The Morgan fingerprint density at radius 1 is 1.20 bits per heavy atom. The molecule has 0 N–H and O–H groups in total. The zero-order valence-electron chi connectivity index (χ0n) is 9.91. The molecule has 0 aromatic rings. The fourth-order valence-electron chi connectivity index (χ4n) is 0.523. The van der Waals surface area contributed by atoms with Gasteiger partial charge in [0.1, 0.15) is 0 Å². The van der Waals surface area contributed by atoms with Crippen molar-refractivity contribution in [1.82, 2.24) is 0 Å². The molecule has 0 bridgehead atoms. The lowest BCUT2D eigenvalue weighted by atomic mass is 10.4. The average Bonchev–Trinajstić information content (AvgIpc) is 2.18. The minimum Gasteiger partial charge on any atom is -0.463 e. The van der Waals surface area contributed by atoms with Gasteiger partial charge < -0.3 is 9.47 Å². The Hall–Kier alpha value is -1.32. The molecule has 0 fully saturated rings. The fraction of sp³-hybridized carbons (Fsp3) is 0.636. The maximum absolute atomic E-state index is 10.4. The number of hydrogen-bond acceptors (Lipinski definition) is 4. The van der Waals surface area contributed by atoms with Crippen LogP contribution in [0.1, 0.15) is 40.5 Å². The van der Waals surface area contributed by atoms with Gasteiger partial charge in [-0.3, -0.25) is 9.59 Å². The van der Waals surface area contributed by atoms with Crippen LogP contribution in [-0.2, 0) is 19.1 Å². The van der Waals surface area contributed by atoms with Crippen LogP contribution in [0.2, 0.25) is 0 Å². The molecule has 4 nitrogen and oxygen atoms in total. The van der Waals surface area contributed by atoms with Crippen molar-refractivity contribution in [2.75, 3.05) is 0 Å². The summed E-state index contributed by atoms with van der Waals surface area (Å²) in [5.74, 6) is -0.366. The third kappa shape index (κ3) is 15.4. The fourth-order valence-corrected chi connectivity index (χ4v) is 0.523. The molecule has 0 saturated carbocycles. The van der Waals surface area contributed by atoms with Crippen molar-refractivity contribution in [2.45, 2.75) is 46.6 Å². The Balaban J connectivity index is 0. The highest BCUT2D eigenvalue weighted by atomic mass is 16.5. The van der Waals surface area contributed by atoms with Crippen molar-refractivity contribution in [2.24, 2.45) is 0 Å². The molecular weight excluding hydrogens is 196 g/mol. The van der Waals surface area contributed by atoms with Gasteiger partial charge in [0.2, 0.25) is 0 Å². The molecule has 4 heteroatoms. The van der Waals surface area contributed by atoms with Gasteiger partial charge in [-0.1, -0.05) is 20.4 Å². The molecule has 88 valence electrons. The first-order valence-corrected chi connectivity index (χ1v) is 4.97. The second-order valence-corrected chi connectivity index (χ2v) is 2.90. The van der Waals surface area contributed by atoms with Crippen LogP contribution in [0.25, 0.3) is 0 Å². The van der Waals surface area contributed by atoms with E-state index in [9.17, 15) is 9.59 Å². The van der Waals surface area contributed by atoms with E-state index in [1.54, 1.807) is 13.8 Å². The summed E-state index contributed by atoms with van der Waals surface area (Å²) in [6.07, 6.45) is 2.04. The second kappa shape index (κ2) is 10.8. The maximum Gasteiger partial charge on any atom is 0.310 e. The van der Waals surface area contributed by atoms with Gasteiger partial charge in [0.15, 0.2) is 0 Å². The summed E-state index contributed by atoms with van der Waals surface area (Å²) >= 11 is 0. The Morgan fingerprint density at radius 2 is 1.67 bits per heavy atom. The zero-order valence-corrected chi connectivity index (χ0v) is 9.91. The van der Waals surface area contributed by atoms with Gasteiger partial charge in [-0.25, -0.2) is 0 Å². The monoisotopic (exact) mass is 216 g/mol. The molecule has 0 aromatic carbocycles. The van der Waals surface area contributed by atoms with Gasteiger partial charge >= 0.3 is 11.9 Å². The van der Waals surface area contributed by atoms with Crippen LogP contribution < -0.4 is 0 Å². The summed E-state index contributed by atoms with van der Waals surface area (Å²) in [5, 5.41) is 0. The van der Waals surface area contributed by atoms with Gasteiger partial charge in [0.25, 0.3) is 0 Å². The first-order chi connectivity index (χ1) is 6.97. The Labute approximate surface area is 91.3 Å². The number of carbonyl (C=O) groups excluding carboxylic acids is 2. The number of esters is 2. The highest BCUT2D eigenvalue weighted by molar-refractivity contribution is 5.69. The van der Waals surface area contributed by atoms with Crippen molar-refractivity contribution in [3.63, 3.8) is 0 Å². The summed E-state index contributed by atoms with van der Waals surface area (Å²) in [6.45, 7) is 10.4. The van der Waals surface area contributed by atoms with E-state index >= 15 is 0 Å². The first kappa shape index (κ1) is 16.1. The number of carbonyl (C=O) groups is 2. The normalized spacial score (nSPS) is 8.60. The minimum absolute atomic E-state index is 0.0300. The predicted molar refractivity (Wildman–Crippen MR) is 58.1 cm³/mol. The molecule has 0 unspecified atom stereocenters. The number of rotatable bonds is 4. The van der Waals surface area contributed by atoms with Crippen LogP contribution in [0.5, 0.6) is 0 Å². The van der Waals surface area contributed by atoms with Crippen molar-refractivity contribution < 1.29 is 19.1 Å². The van der Waals surface area contributed by atoms with Gasteiger partial charge in [-0.2, -0.15) is 0 Å². The van der Waals surface area contributed by atoms with E-state index in [1.165, 1.54) is 0 Å². The molecule has 0 saturated heterocycles. The summed E-state index contributed by atoms with van der Waals surface area (Å²) in [5.41, 5.74) is 0. The zero-order chi connectivity index (χ0) is 12.3. The van der Waals surface area contributed by atoms with Crippen LogP contribution in [0, 0.1) is 0 Å². The minimum atomic E-state index is -0.241. The standard InChI is InChI=1S/C6H12O2.C5H8O2/c1-4-6(7)8-5(2)3;1-3-5(6)7-4-2/h5H,4H2,1-3H3;4H,2-3H2,1H3. The van der Waals surface area contributed by atoms with E-state index in [2.05, 4.69) is 11.3 Å². The van der Waals surface area contributed by atoms with Crippen molar-refractivity contribution in [1.29, 1.82) is 0 Å². The number of hydrogen-bond donors (Lipinski definition) is 0. The Bertz CT molecular complexity index is 197. The smallest absolute Gasteiger partial charge is 0.310 e. The van der Waals surface area contributed by atoms with Crippen LogP contribution in [0.15, 0.2) is 12.8 Å². The molecule has 0 heterocycles. The highest BCUT2D eigenvalue weighted by Gasteiger charge is 1.98. The lowest BCUT2D eigenvalue weighted by molar-refractivity contribution is -0.147. The number of ether oxygens (including phenoxy) is 2. The maximum atomic E-state index is 10.4. The molecule has 0 spiro atoms. The van der Waals surface area contributed by atoms with Gasteiger partial charge in [0.05, 0.1) is 12.4 Å². The molecule has 0 aliphatic rings. The van der Waals surface area contributed by atoms with Crippen LogP contribution in [-0.4, -0.2) is 18.0 Å². The Kier molecular flexibility index (Phi) is 11.6. The highest BCUT2D eigenvalue weighted by Crippen LogP contribution is 1.90. The third-order valence-electron chi connectivity index (χ3n) is 1.16. The second-order valence-electron chi connectivity index (χ2n) is 2.90. The largest absolute Gasteiger partial charge is 0.463 e. The third-order valence-corrected chi connectivity index (χ3v) is 1.16. The topological polar surface area (TPSA) is 52.6 Å². The van der Waals surface area contributed by atoms with Crippen molar-refractivity contribution in [3.8, 4) is 0 Å². The lowest BCUT2D eigenvalue weighted by Crippen LogP contribution is -2.09. The molecule has 0 rings (SSSR count). The van der Waals surface area contributed by atoms with Crippen LogP contribution in [0.3, 0.4) is 0 Å². The molecule has 15 heavy (non-hydrogen) atoms. The van der Waals surface area contributed by atoms with E-state index < -0.39 is 0 Å². The molecule has 0 atom stereocenters. The quantitative estimate of drug-likeness (QED) is 0.535. The molecular formula is C11H20O4. The summed E-state index contributed by atoms with van der Waals surface area (Å²) in [4.78, 5) is 20.5. The van der Waals surface area contributed by atoms with Gasteiger partial charge in [0, 0.05) is 12.8 Å². The first-order valence-electron chi connectivity index (χ1n) is 4.97. The molecule has 0 aliphatic heterocycles. The van der Waals surface area contributed by atoms with Gasteiger partial charge in [-0.15, -0.1) is 0 Å². The predicted octanol–water partition coefficient (Wildman–Crippen LogP) is 2.43. The van der Waals surface area contributed by atoms with E-state index in [0.29, 0.717) is 12.8 Å². The summed E-state index contributed by atoms with van der Waals surface area (Å²) < 4.78 is 9.08. The summed E-state index contributed by atoms with van der Waals surface area (Å²) in [7, 11) is 0. The van der Waals surface area contributed by atoms with Crippen LogP contribution in [0.4, 0.5) is 0 Å². The van der Waals surface area contributed by atoms with E-state index in [1.807, 2.05) is 13.8 Å². The molecule has 0 amide bonds. The lowest BCUT2D eigenvalue weighted by Gasteiger charge is -2.04. The van der Waals surface area contributed by atoms with E-state index in [4.69, 9.17) is 4.74 Å². The van der Waals surface area contributed by atoms with E-state index in [-0.39, 0.29) is 18.0 Å².